The van der Waals surface area contributed by atoms with Crippen molar-refractivity contribution in [1.29, 1.82) is 0 Å². The van der Waals surface area contributed by atoms with Crippen molar-refractivity contribution in [2.75, 3.05) is 13.1 Å². The van der Waals surface area contributed by atoms with Crippen molar-refractivity contribution >= 4 is 43.5 Å². The number of hydrogen-bond acceptors (Lipinski definition) is 4. The van der Waals surface area contributed by atoms with E-state index in [0.717, 1.165) is 30.2 Å². The molecular formula is C19H19BrClNO4S. The summed E-state index contributed by atoms with van der Waals surface area (Å²) in [7, 11) is -3.54. The molecule has 8 heteroatoms. The normalized spacial score (nSPS) is 15.9. The lowest BCUT2D eigenvalue weighted by molar-refractivity contribution is 0.0734. The fourth-order valence-corrected chi connectivity index (χ4v) is 5.14. The summed E-state index contributed by atoms with van der Waals surface area (Å²) in [5.74, 6) is -0.357. The Kier molecular flexibility index (Phi) is 6.57. The van der Waals surface area contributed by atoms with Crippen molar-refractivity contribution < 1.29 is 17.9 Å². The van der Waals surface area contributed by atoms with Crippen molar-refractivity contribution in [1.82, 2.24) is 4.31 Å². The Labute approximate surface area is 172 Å². The van der Waals surface area contributed by atoms with Crippen LogP contribution in [0.5, 0.6) is 5.75 Å². The fourth-order valence-electron chi connectivity index (χ4n) is 2.91. The zero-order valence-electron chi connectivity index (χ0n) is 14.5. The molecule has 1 aliphatic rings. The number of rotatable bonds is 4. The summed E-state index contributed by atoms with van der Waals surface area (Å²) < 4.78 is 33.1. The molecule has 5 nitrogen and oxygen atoms in total. The van der Waals surface area contributed by atoms with Gasteiger partial charge in [-0.2, -0.15) is 4.31 Å². The number of halogens is 2. The second kappa shape index (κ2) is 8.73. The van der Waals surface area contributed by atoms with Crippen LogP contribution in [-0.2, 0) is 10.0 Å². The molecule has 27 heavy (non-hydrogen) atoms. The van der Waals surface area contributed by atoms with Gasteiger partial charge in [0.25, 0.3) is 0 Å². The SMILES string of the molecule is O=C(Oc1ccc(Br)cc1Cl)c1ccc(S(=O)(=O)N2CCCCCC2)cc1. The van der Waals surface area contributed by atoms with Gasteiger partial charge >= 0.3 is 5.97 Å². The molecule has 0 amide bonds. The van der Waals surface area contributed by atoms with Crippen LogP contribution < -0.4 is 4.74 Å². The van der Waals surface area contributed by atoms with Gasteiger partial charge in [0.15, 0.2) is 0 Å². The van der Waals surface area contributed by atoms with Crippen molar-refractivity contribution in [3.8, 4) is 5.75 Å². The monoisotopic (exact) mass is 471 g/mol. The van der Waals surface area contributed by atoms with Gasteiger partial charge in [0, 0.05) is 17.6 Å². The first kappa shape index (κ1) is 20.3. The zero-order valence-corrected chi connectivity index (χ0v) is 17.7. The predicted molar refractivity (Wildman–Crippen MR) is 108 cm³/mol. The van der Waals surface area contributed by atoms with E-state index in [0.29, 0.717) is 18.1 Å². The molecule has 144 valence electrons. The molecule has 0 aliphatic carbocycles. The quantitative estimate of drug-likeness (QED) is 0.470. The average Bonchev–Trinajstić information content (AvgIpc) is 2.94. The summed E-state index contributed by atoms with van der Waals surface area (Å²) >= 11 is 9.34. The highest BCUT2D eigenvalue weighted by molar-refractivity contribution is 9.10. The summed E-state index contributed by atoms with van der Waals surface area (Å²) in [5.41, 5.74) is 0.254. The van der Waals surface area contributed by atoms with Gasteiger partial charge in [-0.1, -0.05) is 40.4 Å². The minimum atomic E-state index is -3.54. The number of nitrogens with zero attached hydrogens (tertiary/aromatic N) is 1. The largest absolute Gasteiger partial charge is 0.421 e. The summed E-state index contributed by atoms with van der Waals surface area (Å²) in [6.07, 6.45) is 3.85. The topological polar surface area (TPSA) is 63.7 Å². The number of ether oxygens (including phenoxy) is 1. The van der Waals surface area contributed by atoms with E-state index >= 15 is 0 Å². The van der Waals surface area contributed by atoms with E-state index in [1.54, 1.807) is 18.2 Å². The zero-order chi connectivity index (χ0) is 19.4. The van der Waals surface area contributed by atoms with Crippen LogP contribution in [0, 0.1) is 0 Å². The summed E-state index contributed by atoms with van der Waals surface area (Å²) in [6, 6.07) is 10.7. The van der Waals surface area contributed by atoms with E-state index < -0.39 is 16.0 Å². The molecule has 1 fully saturated rings. The summed E-state index contributed by atoms with van der Waals surface area (Å²) in [5, 5.41) is 0.304. The lowest BCUT2D eigenvalue weighted by atomic mass is 10.2. The van der Waals surface area contributed by atoms with Crippen LogP contribution in [0.15, 0.2) is 51.8 Å². The molecule has 2 aromatic carbocycles. The highest BCUT2D eigenvalue weighted by atomic mass is 79.9. The first-order chi connectivity index (χ1) is 12.9. The molecule has 0 N–H and O–H groups in total. The van der Waals surface area contributed by atoms with E-state index in [2.05, 4.69) is 15.9 Å². The van der Waals surface area contributed by atoms with Crippen molar-refractivity contribution in [3.05, 3.63) is 57.5 Å². The third-order valence-corrected chi connectivity index (χ3v) is 7.09. The molecule has 1 heterocycles. The van der Waals surface area contributed by atoms with Crippen LogP contribution in [-0.4, -0.2) is 31.8 Å². The maximum Gasteiger partial charge on any atom is 0.343 e. The van der Waals surface area contributed by atoms with Gasteiger partial charge in [-0.25, -0.2) is 13.2 Å². The third-order valence-electron chi connectivity index (χ3n) is 4.39. The highest BCUT2D eigenvalue weighted by Crippen LogP contribution is 2.28. The third kappa shape index (κ3) is 4.90. The fraction of sp³-hybridized carbons (Fsp3) is 0.316. The first-order valence-corrected chi connectivity index (χ1v) is 11.3. The predicted octanol–water partition coefficient (Wildman–Crippen LogP) is 4.89. The Morgan fingerprint density at radius 2 is 1.63 bits per heavy atom. The number of carbonyl (C=O) groups is 1. The molecule has 3 rings (SSSR count). The minimum Gasteiger partial charge on any atom is -0.421 e. The number of carbonyl (C=O) groups excluding carboxylic acids is 1. The Balaban J connectivity index is 1.75. The number of sulfonamides is 1. The van der Waals surface area contributed by atoms with Crippen LogP contribution in [0.1, 0.15) is 36.0 Å². The van der Waals surface area contributed by atoms with E-state index in [1.807, 2.05) is 0 Å². The Morgan fingerprint density at radius 3 is 2.22 bits per heavy atom. The van der Waals surface area contributed by atoms with Gasteiger partial charge in [-0.3, -0.25) is 0 Å². The maximum absolute atomic E-state index is 12.8. The average molecular weight is 473 g/mol. The van der Waals surface area contributed by atoms with Crippen LogP contribution >= 0.6 is 27.5 Å². The molecule has 0 saturated carbocycles. The van der Waals surface area contributed by atoms with Crippen molar-refractivity contribution in [2.24, 2.45) is 0 Å². The molecule has 0 atom stereocenters. The van der Waals surface area contributed by atoms with E-state index in [4.69, 9.17) is 16.3 Å². The molecule has 0 radical (unpaired) electrons. The molecular weight excluding hydrogens is 454 g/mol. The number of esters is 1. The second-order valence-corrected chi connectivity index (χ2v) is 9.57. The van der Waals surface area contributed by atoms with Crippen molar-refractivity contribution in [2.45, 2.75) is 30.6 Å². The van der Waals surface area contributed by atoms with Gasteiger partial charge in [0.2, 0.25) is 10.0 Å². The standard InChI is InChI=1S/C19H19BrClNO4S/c20-15-7-10-18(17(21)13-15)26-19(23)14-5-8-16(9-6-14)27(24,25)22-11-3-1-2-4-12-22/h5-10,13H,1-4,11-12H2. The second-order valence-electron chi connectivity index (χ2n) is 6.31. The first-order valence-electron chi connectivity index (χ1n) is 8.65. The Bertz CT molecular complexity index is 923. The van der Waals surface area contributed by atoms with Crippen molar-refractivity contribution in [3.63, 3.8) is 0 Å². The molecule has 1 saturated heterocycles. The van der Waals surface area contributed by atoms with E-state index in [-0.39, 0.29) is 16.2 Å². The highest BCUT2D eigenvalue weighted by Gasteiger charge is 2.25. The number of benzene rings is 2. The maximum atomic E-state index is 12.8. The van der Waals surface area contributed by atoms with Crippen LogP contribution in [0.25, 0.3) is 0 Å². The van der Waals surface area contributed by atoms with Crippen LogP contribution in [0.2, 0.25) is 5.02 Å². The van der Waals surface area contributed by atoms with Crippen LogP contribution in [0.4, 0.5) is 0 Å². The smallest absolute Gasteiger partial charge is 0.343 e. The lowest BCUT2D eigenvalue weighted by Gasteiger charge is -2.20. The van der Waals surface area contributed by atoms with Gasteiger partial charge in [0.05, 0.1) is 15.5 Å². The molecule has 0 spiro atoms. The summed E-state index contributed by atoms with van der Waals surface area (Å²) in [4.78, 5) is 12.5. The minimum absolute atomic E-state index is 0.183. The van der Waals surface area contributed by atoms with Crippen LogP contribution in [0.3, 0.4) is 0 Å². The van der Waals surface area contributed by atoms with Gasteiger partial charge in [-0.15, -0.1) is 0 Å². The Hall–Kier alpha value is -1.41. The van der Waals surface area contributed by atoms with Gasteiger partial charge in [-0.05, 0) is 55.3 Å². The molecule has 1 aliphatic heterocycles. The lowest BCUT2D eigenvalue weighted by Crippen LogP contribution is -2.31. The summed E-state index contributed by atoms with van der Waals surface area (Å²) in [6.45, 7) is 1.07. The number of hydrogen-bond donors (Lipinski definition) is 0. The Morgan fingerprint density at radius 1 is 1.00 bits per heavy atom. The van der Waals surface area contributed by atoms with E-state index in [1.165, 1.54) is 28.6 Å². The van der Waals surface area contributed by atoms with Gasteiger partial charge < -0.3 is 4.74 Å². The molecule has 0 bridgehead atoms. The molecule has 0 aromatic heterocycles. The van der Waals surface area contributed by atoms with E-state index in [9.17, 15) is 13.2 Å². The van der Waals surface area contributed by atoms with Gasteiger partial charge in [0.1, 0.15) is 5.75 Å². The molecule has 0 unspecified atom stereocenters. The molecule has 2 aromatic rings.